The molecule has 260 valence electrons. The second-order valence-electron chi connectivity index (χ2n) is 13.0. The number of nitrogens with one attached hydrogen (secondary N) is 1. The van der Waals surface area contributed by atoms with Crippen LogP contribution in [0.1, 0.15) is 91.9 Å². The van der Waals surface area contributed by atoms with Crippen molar-refractivity contribution in [1.82, 2.24) is 20.3 Å². The molecular formula is C37H57N4O5P. The van der Waals surface area contributed by atoms with Gasteiger partial charge in [-0.25, -0.2) is 4.68 Å². The van der Waals surface area contributed by atoms with E-state index in [0.717, 1.165) is 50.2 Å². The summed E-state index contributed by atoms with van der Waals surface area (Å²) in [6, 6.07) is 14.5. The second kappa shape index (κ2) is 20.2. The predicted molar refractivity (Wildman–Crippen MR) is 190 cm³/mol. The van der Waals surface area contributed by atoms with Crippen LogP contribution in [-0.2, 0) is 29.9 Å². The molecule has 1 aliphatic heterocycles. The summed E-state index contributed by atoms with van der Waals surface area (Å²) in [5.41, 5.74) is 1.88. The summed E-state index contributed by atoms with van der Waals surface area (Å²) in [5, 5.41) is 14.4. The van der Waals surface area contributed by atoms with Crippen molar-refractivity contribution >= 4 is 25.1 Å². The lowest BCUT2D eigenvalue weighted by Crippen LogP contribution is -2.58. The number of carbonyl (C=O) groups excluding carboxylic acids is 1. The number of fused-ring (bicyclic) bond motifs is 1. The zero-order chi connectivity index (χ0) is 33.4. The van der Waals surface area contributed by atoms with E-state index in [1.165, 1.54) is 49.3 Å². The molecule has 1 N–H and O–H groups in total. The molecule has 1 aromatic heterocycles. The highest BCUT2D eigenvalue weighted by atomic mass is 31.2. The first-order chi connectivity index (χ1) is 22.9. The fourth-order valence-corrected chi connectivity index (χ4v) is 7.13. The quantitative estimate of drug-likeness (QED) is 0.0898. The molecule has 6 atom stereocenters. The van der Waals surface area contributed by atoms with Gasteiger partial charge in [-0.15, -0.1) is 5.10 Å². The molecule has 1 fully saturated rings. The number of rotatable bonds is 21. The van der Waals surface area contributed by atoms with E-state index in [0.29, 0.717) is 13.2 Å². The highest BCUT2D eigenvalue weighted by Gasteiger charge is 2.42. The molecule has 0 saturated carbocycles. The van der Waals surface area contributed by atoms with Crippen LogP contribution >= 0.6 is 8.38 Å². The highest BCUT2D eigenvalue weighted by molar-refractivity contribution is 7.46. The second-order valence-corrected chi connectivity index (χ2v) is 14.4. The number of nitrogens with zero attached hydrogens (tertiary/aromatic N) is 3. The molecule has 1 amide bonds. The maximum absolute atomic E-state index is 12.1. The van der Waals surface area contributed by atoms with E-state index in [4.69, 9.17) is 18.5 Å². The Hall–Kier alpha value is -2.42. The van der Waals surface area contributed by atoms with Gasteiger partial charge in [0.2, 0.25) is 5.91 Å². The summed E-state index contributed by atoms with van der Waals surface area (Å²) < 4.78 is 26.1. The van der Waals surface area contributed by atoms with Crippen LogP contribution in [0.3, 0.4) is 0 Å². The van der Waals surface area contributed by atoms with E-state index >= 15 is 0 Å². The lowest BCUT2D eigenvalue weighted by molar-refractivity contribution is -0.239. The van der Waals surface area contributed by atoms with Crippen LogP contribution in [0.25, 0.3) is 22.0 Å². The van der Waals surface area contributed by atoms with Crippen LogP contribution < -0.4 is 5.32 Å². The maximum Gasteiger partial charge on any atom is 0.217 e. The van der Waals surface area contributed by atoms with E-state index in [2.05, 4.69) is 66.7 Å². The van der Waals surface area contributed by atoms with Gasteiger partial charge in [-0.1, -0.05) is 107 Å². The molecule has 0 spiro atoms. The Kier molecular flexibility index (Phi) is 16.1. The Morgan fingerprint density at radius 2 is 1.55 bits per heavy atom. The summed E-state index contributed by atoms with van der Waals surface area (Å²) in [7, 11) is -0.706. The average Bonchev–Trinajstić information content (AvgIpc) is 3.54. The predicted octanol–water partition coefficient (Wildman–Crippen LogP) is 8.51. The molecule has 10 heteroatoms. The zero-order valence-corrected chi connectivity index (χ0v) is 30.1. The summed E-state index contributed by atoms with van der Waals surface area (Å²) in [6.45, 7) is 12.9. The number of hydrogen-bond donors (Lipinski definition) is 1. The summed E-state index contributed by atoms with van der Waals surface area (Å²) in [5.74, 6) is 0.304. The van der Waals surface area contributed by atoms with Crippen LogP contribution in [-0.4, -0.2) is 65.8 Å². The molecule has 4 rings (SSSR count). The zero-order valence-electron chi connectivity index (χ0n) is 29.2. The number of benzene rings is 2. The van der Waals surface area contributed by atoms with Crippen molar-refractivity contribution in [3.8, 4) is 11.3 Å². The molecule has 0 radical (unpaired) electrons. The number of aromatic nitrogens is 3. The van der Waals surface area contributed by atoms with Gasteiger partial charge in [0.25, 0.3) is 0 Å². The Bertz CT molecular complexity index is 1340. The van der Waals surface area contributed by atoms with Crippen molar-refractivity contribution in [2.75, 3.05) is 26.5 Å². The van der Waals surface area contributed by atoms with E-state index in [9.17, 15) is 4.79 Å². The summed E-state index contributed by atoms with van der Waals surface area (Å²) in [4.78, 5) is 12.1. The monoisotopic (exact) mass is 668 g/mol. The average molecular weight is 669 g/mol. The van der Waals surface area contributed by atoms with Crippen molar-refractivity contribution in [3.05, 3.63) is 48.7 Å². The number of carbonyl (C=O) groups is 1. The van der Waals surface area contributed by atoms with Crippen molar-refractivity contribution in [3.63, 3.8) is 0 Å². The summed E-state index contributed by atoms with van der Waals surface area (Å²) in [6.07, 6.45) is 13.2. The molecular weight excluding hydrogens is 611 g/mol. The lowest BCUT2D eigenvalue weighted by atomic mass is 9.82. The van der Waals surface area contributed by atoms with E-state index in [1.54, 1.807) is 6.92 Å². The molecule has 2 aromatic carbocycles. The van der Waals surface area contributed by atoms with E-state index < -0.39 is 14.7 Å². The highest BCUT2D eigenvalue weighted by Crippen LogP contribution is 2.34. The molecule has 0 bridgehead atoms. The molecule has 1 aliphatic rings. The Morgan fingerprint density at radius 1 is 0.894 bits per heavy atom. The van der Waals surface area contributed by atoms with Gasteiger partial charge in [-0.2, -0.15) is 0 Å². The SMILES string of the molecule is CCCOP(C)OCCCCCCCCCCCOC1OC(Cn2cc(-c3ccc4ccccc4c3)nn2)C(C)C(C)C1NC(C)=O. The first kappa shape index (κ1) is 37.4. The third kappa shape index (κ3) is 12.2. The minimum atomic E-state index is -0.706. The van der Waals surface area contributed by atoms with Gasteiger partial charge < -0.3 is 23.8 Å². The van der Waals surface area contributed by atoms with Gasteiger partial charge in [0, 0.05) is 25.8 Å². The van der Waals surface area contributed by atoms with E-state index in [1.807, 2.05) is 29.7 Å². The molecule has 6 unspecified atom stereocenters. The molecule has 9 nitrogen and oxygen atoms in total. The van der Waals surface area contributed by atoms with Gasteiger partial charge in [0.1, 0.15) is 5.69 Å². The summed E-state index contributed by atoms with van der Waals surface area (Å²) >= 11 is 0. The standard InChI is InChI=1S/C37H57N4O5P/c1-6-22-44-47(5)45-24-17-13-11-9-7-8-10-12-16-23-43-37-36(38-30(4)42)29(3)28(2)35(46-37)27-41-26-34(39-40-41)33-21-20-31-18-14-15-19-32(31)25-33/h14-15,18-21,25-26,28-29,35-37H,6-13,16-17,22-24,27H2,1-5H3,(H,38,42). The fraction of sp³-hybridized carbons (Fsp3) is 0.649. The smallest absolute Gasteiger partial charge is 0.217 e. The minimum Gasteiger partial charge on any atom is -0.350 e. The third-order valence-corrected chi connectivity index (χ3v) is 10.3. The molecule has 0 aliphatic carbocycles. The Balaban J connectivity index is 1.17. The molecule has 3 aromatic rings. The topological polar surface area (TPSA) is 96.7 Å². The first-order valence-corrected chi connectivity index (χ1v) is 19.4. The number of unbranched alkanes of at least 4 members (excludes halogenated alkanes) is 8. The van der Waals surface area contributed by atoms with Crippen LogP contribution in [0.15, 0.2) is 48.7 Å². The molecule has 47 heavy (non-hydrogen) atoms. The van der Waals surface area contributed by atoms with Crippen LogP contribution in [0.2, 0.25) is 0 Å². The molecule has 2 heterocycles. The van der Waals surface area contributed by atoms with Crippen molar-refractivity contribution in [1.29, 1.82) is 0 Å². The lowest BCUT2D eigenvalue weighted by Gasteiger charge is -2.44. The fourth-order valence-electron chi connectivity index (χ4n) is 6.22. The van der Waals surface area contributed by atoms with Crippen LogP contribution in [0, 0.1) is 11.8 Å². The van der Waals surface area contributed by atoms with Crippen LogP contribution in [0.5, 0.6) is 0 Å². The largest absolute Gasteiger partial charge is 0.350 e. The van der Waals surface area contributed by atoms with Crippen molar-refractivity contribution in [2.45, 2.75) is 117 Å². The van der Waals surface area contributed by atoms with Crippen molar-refractivity contribution in [2.24, 2.45) is 11.8 Å². The van der Waals surface area contributed by atoms with Gasteiger partial charge >= 0.3 is 0 Å². The normalized spacial score (nSPS) is 22.0. The van der Waals surface area contributed by atoms with Crippen LogP contribution in [0.4, 0.5) is 0 Å². The van der Waals surface area contributed by atoms with Gasteiger partial charge in [0.05, 0.1) is 38.1 Å². The first-order valence-electron chi connectivity index (χ1n) is 17.8. The Labute approximate surface area is 283 Å². The Morgan fingerprint density at radius 3 is 2.26 bits per heavy atom. The maximum atomic E-state index is 12.1. The van der Waals surface area contributed by atoms with Gasteiger partial charge in [0.15, 0.2) is 14.7 Å². The van der Waals surface area contributed by atoms with Gasteiger partial charge in [-0.3, -0.25) is 4.79 Å². The third-order valence-electron chi connectivity index (χ3n) is 9.23. The van der Waals surface area contributed by atoms with E-state index in [-0.39, 0.29) is 29.9 Å². The van der Waals surface area contributed by atoms with Crippen molar-refractivity contribution < 1.29 is 23.3 Å². The number of hydrogen-bond acceptors (Lipinski definition) is 7. The minimum absolute atomic E-state index is 0.0649. The van der Waals surface area contributed by atoms with Gasteiger partial charge in [-0.05, 0) is 47.9 Å². The number of amides is 1. The molecule has 1 saturated heterocycles. The number of ether oxygens (including phenoxy) is 2.